The normalized spacial score (nSPS) is 10.7. The number of amides is 1. The minimum Gasteiger partial charge on any atom is -0.497 e. The number of hydrogen-bond donors (Lipinski definition) is 2. The average Bonchev–Trinajstić information content (AvgIpc) is 3.27. The molecule has 0 saturated heterocycles. The maximum Gasteiger partial charge on any atom is 0.234 e. The molecule has 0 spiro atoms. The molecule has 0 saturated carbocycles. The zero-order valence-electron chi connectivity index (χ0n) is 19.1. The number of halogens is 2. The topological polar surface area (TPSA) is 81.1 Å². The van der Waals surface area contributed by atoms with Crippen molar-refractivity contribution in [1.82, 2.24) is 14.8 Å². The van der Waals surface area contributed by atoms with Crippen molar-refractivity contribution in [1.29, 1.82) is 0 Å². The fraction of sp³-hybridized carbons (Fsp3) is 0.160. The molecule has 4 aromatic rings. The lowest BCUT2D eigenvalue weighted by Crippen LogP contribution is -2.15. The van der Waals surface area contributed by atoms with Crippen molar-refractivity contribution in [3.63, 3.8) is 0 Å². The van der Waals surface area contributed by atoms with Gasteiger partial charge in [-0.3, -0.25) is 9.36 Å². The average molecular weight is 528 g/mol. The zero-order chi connectivity index (χ0) is 24.8. The van der Waals surface area contributed by atoms with Crippen LogP contribution in [0.1, 0.15) is 11.4 Å². The summed E-state index contributed by atoms with van der Waals surface area (Å²) >= 11 is 13.5. The highest BCUT2D eigenvalue weighted by Crippen LogP contribution is 2.27. The highest BCUT2D eigenvalue weighted by molar-refractivity contribution is 7.99. The monoisotopic (exact) mass is 527 g/mol. The summed E-state index contributed by atoms with van der Waals surface area (Å²) in [7, 11) is 1.63. The summed E-state index contributed by atoms with van der Waals surface area (Å²) in [5, 5.41) is 16.4. The van der Waals surface area contributed by atoms with Crippen LogP contribution in [0.5, 0.6) is 5.75 Å². The number of thioether (sulfide) groups is 1. The Morgan fingerprint density at radius 2 is 1.77 bits per heavy atom. The lowest BCUT2D eigenvalue weighted by Gasteiger charge is -2.12. The predicted octanol–water partition coefficient (Wildman–Crippen LogP) is 6.23. The van der Waals surface area contributed by atoms with E-state index in [1.54, 1.807) is 25.3 Å². The first kappa shape index (κ1) is 24.9. The van der Waals surface area contributed by atoms with Gasteiger partial charge in [0.1, 0.15) is 5.75 Å². The molecule has 0 radical (unpaired) electrons. The number of aromatic nitrogens is 3. The first-order chi connectivity index (χ1) is 16.9. The Morgan fingerprint density at radius 3 is 2.49 bits per heavy atom. The van der Waals surface area contributed by atoms with Crippen molar-refractivity contribution in [2.45, 2.75) is 18.6 Å². The van der Waals surface area contributed by atoms with E-state index in [-0.39, 0.29) is 11.7 Å². The molecule has 0 bridgehead atoms. The number of aryl methyl sites for hydroxylation is 1. The molecule has 10 heteroatoms. The van der Waals surface area contributed by atoms with Gasteiger partial charge >= 0.3 is 0 Å². The SMILES string of the molecule is COc1ccc(NCc2nnc(SCC(=O)Nc3cc(Cl)ccc3Cl)n2-c2ccc(C)cc2)cc1. The quantitative estimate of drug-likeness (QED) is 0.251. The smallest absolute Gasteiger partial charge is 0.234 e. The van der Waals surface area contributed by atoms with Gasteiger partial charge in [0.2, 0.25) is 5.91 Å². The van der Waals surface area contributed by atoms with Crippen LogP contribution in [0, 0.1) is 6.92 Å². The standard InChI is InChI=1S/C25H23Cl2N5O2S/c1-16-3-8-19(9-4-16)32-23(14-28-18-6-10-20(34-2)11-7-18)30-31-25(32)35-15-24(33)29-22-13-17(26)5-12-21(22)27/h3-13,28H,14-15H2,1-2H3,(H,29,33). The number of hydrogen-bond acceptors (Lipinski definition) is 6. The van der Waals surface area contributed by atoms with E-state index in [2.05, 4.69) is 20.8 Å². The second kappa shape index (κ2) is 11.5. The predicted molar refractivity (Wildman–Crippen MR) is 142 cm³/mol. The Bertz CT molecular complexity index is 1310. The molecule has 0 aliphatic rings. The number of rotatable bonds is 9. The van der Waals surface area contributed by atoms with E-state index < -0.39 is 0 Å². The van der Waals surface area contributed by atoms with Crippen LogP contribution in [0.2, 0.25) is 10.0 Å². The van der Waals surface area contributed by atoms with Gasteiger partial charge in [-0.1, -0.05) is 52.7 Å². The maximum atomic E-state index is 12.6. The van der Waals surface area contributed by atoms with Gasteiger partial charge in [-0.15, -0.1) is 10.2 Å². The van der Waals surface area contributed by atoms with E-state index in [9.17, 15) is 4.79 Å². The fourth-order valence-corrected chi connectivity index (χ4v) is 4.37. The van der Waals surface area contributed by atoms with Crippen LogP contribution in [0.4, 0.5) is 11.4 Å². The van der Waals surface area contributed by atoms with Crippen LogP contribution in [0.15, 0.2) is 71.9 Å². The van der Waals surface area contributed by atoms with E-state index in [1.165, 1.54) is 11.8 Å². The summed E-state index contributed by atoms with van der Waals surface area (Å²) in [6, 6.07) is 20.6. The van der Waals surface area contributed by atoms with E-state index >= 15 is 0 Å². The van der Waals surface area contributed by atoms with Crippen LogP contribution in [0.25, 0.3) is 5.69 Å². The van der Waals surface area contributed by atoms with Gasteiger partial charge in [0.25, 0.3) is 0 Å². The Kier molecular flexibility index (Phi) is 8.17. The maximum absolute atomic E-state index is 12.6. The number of carbonyl (C=O) groups is 1. The lowest BCUT2D eigenvalue weighted by atomic mass is 10.2. The first-order valence-electron chi connectivity index (χ1n) is 10.7. The van der Waals surface area contributed by atoms with Crippen LogP contribution in [0.3, 0.4) is 0 Å². The summed E-state index contributed by atoms with van der Waals surface area (Å²) in [5.41, 5.74) is 3.45. The number of anilines is 2. The first-order valence-corrected chi connectivity index (χ1v) is 12.4. The van der Waals surface area contributed by atoms with Crippen LogP contribution in [-0.4, -0.2) is 33.5 Å². The van der Waals surface area contributed by atoms with Gasteiger partial charge in [0.05, 0.1) is 30.1 Å². The number of ether oxygens (including phenoxy) is 1. The Labute approximate surface area is 217 Å². The molecule has 0 atom stereocenters. The molecular weight excluding hydrogens is 505 g/mol. The van der Waals surface area contributed by atoms with Gasteiger partial charge in [-0.25, -0.2) is 0 Å². The number of nitrogens with one attached hydrogen (secondary N) is 2. The Balaban J connectivity index is 1.51. The molecule has 1 heterocycles. The van der Waals surface area contributed by atoms with E-state index in [1.807, 2.05) is 60.0 Å². The van der Waals surface area contributed by atoms with Crippen molar-refractivity contribution in [2.24, 2.45) is 0 Å². The zero-order valence-corrected chi connectivity index (χ0v) is 21.4. The summed E-state index contributed by atoms with van der Waals surface area (Å²) in [6.45, 7) is 2.47. The van der Waals surface area contributed by atoms with Gasteiger partial charge in [0, 0.05) is 16.4 Å². The van der Waals surface area contributed by atoms with Crippen molar-refractivity contribution >= 4 is 52.2 Å². The van der Waals surface area contributed by atoms with Crippen molar-refractivity contribution in [3.8, 4) is 11.4 Å². The second-order valence-corrected chi connectivity index (χ2v) is 9.40. The minimum absolute atomic E-state index is 0.124. The highest BCUT2D eigenvalue weighted by atomic mass is 35.5. The minimum atomic E-state index is -0.226. The third kappa shape index (κ3) is 6.48. The highest BCUT2D eigenvalue weighted by Gasteiger charge is 2.16. The molecule has 1 amide bonds. The molecule has 4 rings (SSSR count). The van der Waals surface area contributed by atoms with Crippen molar-refractivity contribution in [3.05, 3.63) is 88.2 Å². The number of benzene rings is 3. The molecule has 2 N–H and O–H groups in total. The third-order valence-corrected chi connectivity index (χ3v) is 6.56. The number of nitrogens with zero attached hydrogens (tertiary/aromatic N) is 3. The largest absolute Gasteiger partial charge is 0.497 e. The van der Waals surface area contributed by atoms with E-state index in [4.69, 9.17) is 27.9 Å². The van der Waals surface area contributed by atoms with E-state index in [0.29, 0.717) is 33.3 Å². The Hall–Kier alpha value is -3.20. The molecule has 35 heavy (non-hydrogen) atoms. The fourth-order valence-electron chi connectivity index (χ4n) is 3.26. The van der Waals surface area contributed by atoms with Gasteiger partial charge < -0.3 is 15.4 Å². The van der Waals surface area contributed by atoms with Crippen LogP contribution >= 0.6 is 35.0 Å². The summed E-state index contributed by atoms with van der Waals surface area (Å²) in [5.74, 6) is 1.40. The molecule has 180 valence electrons. The summed E-state index contributed by atoms with van der Waals surface area (Å²) in [6.07, 6.45) is 0. The van der Waals surface area contributed by atoms with Crippen molar-refractivity contribution in [2.75, 3.05) is 23.5 Å². The molecule has 0 aliphatic carbocycles. The van der Waals surface area contributed by atoms with Gasteiger partial charge in [0.15, 0.2) is 11.0 Å². The third-order valence-electron chi connectivity index (χ3n) is 5.07. The van der Waals surface area contributed by atoms with Gasteiger partial charge in [-0.05, 0) is 61.5 Å². The van der Waals surface area contributed by atoms with Gasteiger partial charge in [-0.2, -0.15) is 0 Å². The molecule has 3 aromatic carbocycles. The summed E-state index contributed by atoms with van der Waals surface area (Å²) in [4.78, 5) is 12.6. The molecule has 0 fully saturated rings. The molecule has 1 aromatic heterocycles. The summed E-state index contributed by atoms with van der Waals surface area (Å²) < 4.78 is 7.16. The molecule has 0 unspecified atom stereocenters. The molecule has 7 nitrogen and oxygen atoms in total. The molecule has 0 aliphatic heterocycles. The van der Waals surface area contributed by atoms with Crippen LogP contribution < -0.4 is 15.4 Å². The number of methoxy groups -OCH3 is 1. The second-order valence-electron chi connectivity index (χ2n) is 7.61. The van der Waals surface area contributed by atoms with E-state index in [0.717, 1.165) is 22.7 Å². The Morgan fingerprint density at radius 1 is 1.03 bits per heavy atom. The van der Waals surface area contributed by atoms with Crippen molar-refractivity contribution < 1.29 is 9.53 Å². The molecular formula is C25H23Cl2N5O2S. The number of carbonyl (C=O) groups excluding carboxylic acids is 1. The lowest BCUT2D eigenvalue weighted by molar-refractivity contribution is -0.113. The van der Waals surface area contributed by atoms with Crippen LogP contribution in [-0.2, 0) is 11.3 Å².